The summed E-state index contributed by atoms with van der Waals surface area (Å²) >= 11 is 0. The third-order valence-corrected chi connectivity index (χ3v) is 1.82. The van der Waals surface area contributed by atoms with Gasteiger partial charge in [0.25, 0.3) is 0 Å². The highest BCUT2D eigenvalue weighted by Gasteiger charge is 1.98. The Bertz CT molecular complexity index is 172. The number of ether oxygens (including phenoxy) is 2. The summed E-state index contributed by atoms with van der Waals surface area (Å²) in [6.45, 7) is 2.95. The van der Waals surface area contributed by atoms with Gasteiger partial charge in [0, 0.05) is 41.4 Å². The zero-order valence-electron chi connectivity index (χ0n) is 10.2. The third-order valence-electron chi connectivity index (χ3n) is 1.82. The molecule has 0 rings (SSSR count). The van der Waals surface area contributed by atoms with Gasteiger partial charge in [0.2, 0.25) is 0 Å². The number of hydrogen-bond acceptors (Lipinski definition) is 3. The molecule has 0 atom stereocenters. The molecule has 90 valence electrons. The Labute approximate surface area is 92.5 Å². The van der Waals surface area contributed by atoms with Crippen molar-refractivity contribution in [3.8, 4) is 0 Å². The van der Waals surface area contributed by atoms with Crippen molar-refractivity contribution in [2.75, 3.05) is 54.6 Å². The summed E-state index contributed by atoms with van der Waals surface area (Å²) in [7, 11) is 7.37. The van der Waals surface area contributed by atoms with E-state index in [0.717, 1.165) is 25.5 Å². The van der Waals surface area contributed by atoms with E-state index in [0.29, 0.717) is 13.2 Å². The summed E-state index contributed by atoms with van der Waals surface area (Å²) in [6.07, 6.45) is 0.969. The number of nitrogens with zero attached hydrogens (tertiary/aromatic N) is 2. The molecule has 0 aliphatic carbocycles. The monoisotopic (exact) mass is 217 g/mol. The van der Waals surface area contributed by atoms with Crippen LogP contribution in [-0.2, 0) is 9.47 Å². The second kappa shape index (κ2) is 9.73. The maximum Gasteiger partial charge on any atom is 0.193 e. The van der Waals surface area contributed by atoms with Crippen LogP contribution in [0.25, 0.3) is 0 Å². The van der Waals surface area contributed by atoms with E-state index < -0.39 is 0 Å². The normalized spacial score (nSPS) is 11.6. The zero-order chi connectivity index (χ0) is 11.5. The highest BCUT2D eigenvalue weighted by Crippen LogP contribution is 1.84. The summed E-state index contributed by atoms with van der Waals surface area (Å²) in [5.74, 6) is 0.895. The van der Waals surface area contributed by atoms with Crippen LogP contribution in [0.1, 0.15) is 6.42 Å². The number of guanidine groups is 1. The predicted molar refractivity (Wildman–Crippen MR) is 62.4 cm³/mol. The molecule has 5 heteroatoms. The van der Waals surface area contributed by atoms with Crippen LogP contribution in [0, 0.1) is 0 Å². The van der Waals surface area contributed by atoms with E-state index >= 15 is 0 Å². The van der Waals surface area contributed by atoms with Gasteiger partial charge >= 0.3 is 0 Å². The number of rotatable bonds is 7. The van der Waals surface area contributed by atoms with Gasteiger partial charge in [0.1, 0.15) is 0 Å². The second-order valence-electron chi connectivity index (χ2n) is 3.33. The molecular formula is C10H23N3O2. The molecule has 0 radical (unpaired) electrons. The van der Waals surface area contributed by atoms with E-state index in [1.807, 2.05) is 19.0 Å². The van der Waals surface area contributed by atoms with Crippen molar-refractivity contribution in [2.24, 2.45) is 4.99 Å². The molecule has 5 nitrogen and oxygen atoms in total. The molecule has 0 heterocycles. The van der Waals surface area contributed by atoms with Crippen molar-refractivity contribution >= 4 is 5.96 Å². The largest absolute Gasteiger partial charge is 0.382 e. The molecular weight excluding hydrogens is 194 g/mol. The van der Waals surface area contributed by atoms with Crippen LogP contribution in [0.3, 0.4) is 0 Å². The zero-order valence-corrected chi connectivity index (χ0v) is 10.2. The van der Waals surface area contributed by atoms with E-state index in [1.165, 1.54) is 0 Å². The third kappa shape index (κ3) is 8.20. The first-order valence-electron chi connectivity index (χ1n) is 5.17. The second-order valence-corrected chi connectivity index (χ2v) is 3.33. The topological polar surface area (TPSA) is 46.1 Å². The Kier molecular flexibility index (Phi) is 9.21. The molecule has 0 bridgehead atoms. The van der Waals surface area contributed by atoms with Gasteiger partial charge in [-0.2, -0.15) is 0 Å². The fraction of sp³-hybridized carbons (Fsp3) is 0.900. The summed E-state index contributed by atoms with van der Waals surface area (Å²) in [4.78, 5) is 6.06. The van der Waals surface area contributed by atoms with Crippen LogP contribution in [-0.4, -0.2) is 65.5 Å². The Morgan fingerprint density at radius 2 is 2.00 bits per heavy atom. The maximum absolute atomic E-state index is 5.33. The summed E-state index contributed by atoms with van der Waals surface area (Å²) < 4.78 is 10.2. The minimum absolute atomic E-state index is 0.660. The predicted octanol–water partition coefficient (Wildman–Crippen LogP) is 0.177. The first kappa shape index (κ1) is 14.2. The molecule has 0 aromatic carbocycles. The number of methoxy groups -OCH3 is 1. The average molecular weight is 217 g/mol. The molecule has 0 aliphatic heterocycles. The minimum Gasteiger partial charge on any atom is -0.382 e. The Morgan fingerprint density at radius 1 is 1.27 bits per heavy atom. The van der Waals surface area contributed by atoms with Crippen LogP contribution in [0.2, 0.25) is 0 Å². The van der Waals surface area contributed by atoms with Crippen LogP contribution in [0.4, 0.5) is 0 Å². The van der Waals surface area contributed by atoms with Crippen LogP contribution < -0.4 is 5.32 Å². The van der Waals surface area contributed by atoms with Crippen molar-refractivity contribution in [2.45, 2.75) is 6.42 Å². The molecule has 0 amide bonds. The highest BCUT2D eigenvalue weighted by molar-refractivity contribution is 5.79. The van der Waals surface area contributed by atoms with Crippen LogP contribution >= 0.6 is 0 Å². The van der Waals surface area contributed by atoms with Crippen molar-refractivity contribution in [1.29, 1.82) is 0 Å². The lowest BCUT2D eigenvalue weighted by Gasteiger charge is -2.16. The molecule has 0 aromatic heterocycles. The minimum atomic E-state index is 0.660. The molecule has 0 saturated heterocycles. The molecule has 0 saturated carbocycles. The van der Waals surface area contributed by atoms with E-state index in [4.69, 9.17) is 9.47 Å². The molecule has 0 spiro atoms. The molecule has 0 unspecified atom stereocenters. The SMILES string of the molecule is CN=C(NCCCOCCOC)N(C)C. The van der Waals surface area contributed by atoms with Crippen LogP contribution in [0.5, 0.6) is 0 Å². The van der Waals surface area contributed by atoms with Gasteiger partial charge in [-0.05, 0) is 6.42 Å². The first-order valence-corrected chi connectivity index (χ1v) is 5.17. The first-order chi connectivity index (χ1) is 7.22. The van der Waals surface area contributed by atoms with E-state index in [2.05, 4.69) is 10.3 Å². The fourth-order valence-corrected chi connectivity index (χ4v) is 1.06. The quantitative estimate of drug-likeness (QED) is 0.375. The molecule has 15 heavy (non-hydrogen) atoms. The van der Waals surface area contributed by atoms with E-state index in [-0.39, 0.29) is 0 Å². The molecule has 0 fully saturated rings. The van der Waals surface area contributed by atoms with Gasteiger partial charge in [-0.15, -0.1) is 0 Å². The maximum atomic E-state index is 5.33. The van der Waals surface area contributed by atoms with Crippen molar-refractivity contribution in [3.05, 3.63) is 0 Å². The Morgan fingerprint density at radius 3 is 2.53 bits per heavy atom. The Hall–Kier alpha value is -0.810. The standard InChI is InChI=1S/C10H23N3O2/c1-11-10(13(2)3)12-6-5-7-15-9-8-14-4/h5-9H2,1-4H3,(H,11,12). The molecule has 0 aromatic rings. The molecule has 1 N–H and O–H groups in total. The molecule has 0 aliphatic rings. The van der Waals surface area contributed by atoms with Gasteiger partial charge in [-0.1, -0.05) is 0 Å². The lowest BCUT2D eigenvalue weighted by molar-refractivity contribution is 0.0698. The Balaban J connectivity index is 3.30. The van der Waals surface area contributed by atoms with Crippen molar-refractivity contribution < 1.29 is 9.47 Å². The lowest BCUT2D eigenvalue weighted by atomic mass is 10.4. The van der Waals surface area contributed by atoms with E-state index in [9.17, 15) is 0 Å². The van der Waals surface area contributed by atoms with Gasteiger partial charge in [0.05, 0.1) is 13.2 Å². The number of nitrogens with one attached hydrogen (secondary N) is 1. The summed E-state index contributed by atoms with van der Waals surface area (Å²) in [5, 5.41) is 3.22. The van der Waals surface area contributed by atoms with Crippen LogP contribution in [0.15, 0.2) is 4.99 Å². The fourth-order valence-electron chi connectivity index (χ4n) is 1.06. The summed E-state index contributed by atoms with van der Waals surface area (Å²) in [5.41, 5.74) is 0. The van der Waals surface area contributed by atoms with Crippen molar-refractivity contribution in [3.63, 3.8) is 0 Å². The average Bonchev–Trinajstić information content (AvgIpc) is 2.21. The van der Waals surface area contributed by atoms with Gasteiger partial charge in [0.15, 0.2) is 5.96 Å². The number of hydrogen-bond donors (Lipinski definition) is 1. The van der Waals surface area contributed by atoms with E-state index in [1.54, 1.807) is 14.2 Å². The van der Waals surface area contributed by atoms with Crippen molar-refractivity contribution in [1.82, 2.24) is 10.2 Å². The van der Waals surface area contributed by atoms with Gasteiger partial charge in [-0.3, -0.25) is 4.99 Å². The van der Waals surface area contributed by atoms with Gasteiger partial charge in [-0.25, -0.2) is 0 Å². The highest BCUT2D eigenvalue weighted by atomic mass is 16.5. The smallest absolute Gasteiger partial charge is 0.193 e. The lowest BCUT2D eigenvalue weighted by Crippen LogP contribution is -2.37. The van der Waals surface area contributed by atoms with Gasteiger partial charge < -0.3 is 19.7 Å². The number of aliphatic imine (C=N–C) groups is 1. The summed E-state index contributed by atoms with van der Waals surface area (Å²) in [6, 6.07) is 0.